The van der Waals surface area contributed by atoms with Crippen molar-refractivity contribution in [3.8, 4) is 18.1 Å². The third kappa shape index (κ3) is 7.01. The average Bonchev–Trinajstić information content (AvgIpc) is 2.53. The normalized spacial score (nSPS) is 11.9. The van der Waals surface area contributed by atoms with Crippen LogP contribution in [0.1, 0.15) is 32.8 Å². The third-order valence-corrected chi connectivity index (χ3v) is 3.10. The van der Waals surface area contributed by atoms with Gasteiger partial charge in [0.2, 0.25) is 0 Å². The van der Waals surface area contributed by atoms with Gasteiger partial charge in [0.05, 0.1) is 0 Å². The predicted molar refractivity (Wildman–Crippen MR) is 94.5 cm³/mol. The predicted octanol–water partition coefficient (Wildman–Crippen LogP) is 3.55. The molecule has 1 rings (SSSR count). The van der Waals surface area contributed by atoms with E-state index in [4.69, 9.17) is 11.2 Å². The second-order valence-electron chi connectivity index (χ2n) is 4.92. The molecule has 0 amide bonds. The second kappa shape index (κ2) is 10.5. The molecule has 0 aromatic heterocycles. The van der Waals surface area contributed by atoms with E-state index in [0.29, 0.717) is 13.0 Å². The fraction of sp³-hybridized carbons (Fsp3) is 0.368. The first-order chi connectivity index (χ1) is 10.7. The molecule has 0 aliphatic heterocycles. The summed E-state index contributed by atoms with van der Waals surface area (Å²) in [5.74, 6) is 3.56. The molecule has 3 nitrogen and oxygen atoms in total. The Labute approximate surface area is 134 Å². The van der Waals surface area contributed by atoms with E-state index < -0.39 is 0 Å². The van der Waals surface area contributed by atoms with E-state index in [0.717, 1.165) is 35.8 Å². The van der Waals surface area contributed by atoms with Crippen LogP contribution in [0.4, 0.5) is 0 Å². The zero-order valence-corrected chi connectivity index (χ0v) is 13.8. The lowest BCUT2D eigenvalue weighted by Gasteiger charge is -2.10. The molecule has 1 aromatic rings. The van der Waals surface area contributed by atoms with Gasteiger partial charge in [0.25, 0.3) is 0 Å². The van der Waals surface area contributed by atoms with E-state index >= 15 is 0 Å². The van der Waals surface area contributed by atoms with E-state index in [9.17, 15) is 0 Å². The molecule has 0 aliphatic rings. The van der Waals surface area contributed by atoms with Gasteiger partial charge in [-0.3, -0.25) is 0 Å². The van der Waals surface area contributed by atoms with Crippen molar-refractivity contribution in [2.75, 3.05) is 19.7 Å². The van der Waals surface area contributed by atoms with Gasteiger partial charge in [0.15, 0.2) is 0 Å². The molecule has 22 heavy (non-hydrogen) atoms. The van der Waals surface area contributed by atoms with Gasteiger partial charge in [-0.05, 0) is 44.2 Å². The van der Waals surface area contributed by atoms with E-state index in [-0.39, 0.29) is 0 Å². The van der Waals surface area contributed by atoms with E-state index in [1.165, 1.54) is 0 Å². The minimum absolute atomic E-state index is 0.576. The number of hydrogen-bond donors (Lipinski definition) is 2. The first-order valence-electron chi connectivity index (χ1n) is 7.67. The minimum atomic E-state index is 0.576. The molecule has 0 bridgehead atoms. The maximum absolute atomic E-state index is 5.66. The van der Waals surface area contributed by atoms with Gasteiger partial charge < -0.3 is 15.4 Å². The van der Waals surface area contributed by atoms with Gasteiger partial charge in [0, 0.05) is 24.4 Å². The number of terminal acetylenes is 1. The van der Waals surface area contributed by atoms with Crippen molar-refractivity contribution in [3.05, 3.63) is 47.3 Å². The molecular formula is C19H26N2O. The quantitative estimate of drug-likeness (QED) is 0.540. The molecule has 0 heterocycles. The maximum atomic E-state index is 5.66. The number of allylic oxidation sites excluding steroid dienone is 3. The van der Waals surface area contributed by atoms with Gasteiger partial charge in [-0.25, -0.2) is 0 Å². The highest BCUT2D eigenvalue weighted by atomic mass is 16.5. The number of nitrogens with one attached hydrogen (secondary N) is 2. The Kier molecular flexibility index (Phi) is 8.56. The summed E-state index contributed by atoms with van der Waals surface area (Å²) < 4.78 is 5.66. The zero-order chi connectivity index (χ0) is 16.2. The summed E-state index contributed by atoms with van der Waals surface area (Å²) in [5.41, 5.74) is 3.20. The van der Waals surface area contributed by atoms with E-state index in [2.05, 4.69) is 29.6 Å². The molecule has 0 saturated carbocycles. The Bertz CT molecular complexity index is 536. The zero-order valence-electron chi connectivity index (χ0n) is 13.8. The topological polar surface area (TPSA) is 33.3 Å². The molecule has 2 N–H and O–H groups in total. The summed E-state index contributed by atoms with van der Waals surface area (Å²) in [7, 11) is 0. The minimum Gasteiger partial charge on any atom is -0.492 e. The summed E-state index contributed by atoms with van der Waals surface area (Å²) in [5, 5.41) is 6.55. The SMILES string of the molecule is C#CC/C(=C/c1ccc(OCCNCC)cc1)N/C(C)=C/C. The van der Waals surface area contributed by atoms with Crippen LogP contribution in [0.5, 0.6) is 5.75 Å². The second-order valence-corrected chi connectivity index (χ2v) is 4.92. The molecule has 0 unspecified atom stereocenters. The van der Waals surface area contributed by atoms with Crippen LogP contribution in [0.3, 0.4) is 0 Å². The molecule has 118 valence electrons. The van der Waals surface area contributed by atoms with Crippen LogP contribution in [-0.4, -0.2) is 19.7 Å². The van der Waals surface area contributed by atoms with Crippen LogP contribution in [0.2, 0.25) is 0 Å². The van der Waals surface area contributed by atoms with Crippen molar-refractivity contribution in [1.82, 2.24) is 10.6 Å². The molecule has 1 aromatic carbocycles. The fourth-order valence-electron chi connectivity index (χ4n) is 1.85. The molecular weight excluding hydrogens is 272 g/mol. The molecule has 0 fully saturated rings. The Hall–Kier alpha value is -2.18. The van der Waals surface area contributed by atoms with E-state index in [1.807, 2.05) is 44.2 Å². The molecule has 0 spiro atoms. The Morgan fingerprint density at radius 1 is 1.32 bits per heavy atom. The maximum Gasteiger partial charge on any atom is 0.119 e. The molecule has 0 atom stereocenters. The largest absolute Gasteiger partial charge is 0.492 e. The Morgan fingerprint density at radius 3 is 2.64 bits per heavy atom. The van der Waals surface area contributed by atoms with Gasteiger partial charge in [-0.15, -0.1) is 12.3 Å². The van der Waals surface area contributed by atoms with E-state index in [1.54, 1.807) is 0 Å². The van der Waals surface area contributed by atoms with Gasteiger partial charge in [-0.1, -0.05) is 25.1 Å². The van der Waals surface area contributed by atoms with Crippen LogP contribution < -0.4 is 15.4 Å². The highest BCUT2D eigenvalue weighted by Crippen LogP contribution is 2.15. The van der Waals surface area contributed by atoms with Gasteiger partial charge in [0.1, 0.15) is 12.4 Å². The fourth-order valence-corrected chi connectivity index (χ4v) is 1.85. The van der Waals surface area contributed by atoms with Gasteiger partial charge in [-0.2, -0.15) is 0 Å². The Balaban J connectivity index is 2.67. The monoisotopic (exact) mass is 298 g/mol. The molecule has 3 heteroatoms. The van der Waals surface area contributed by atoms with Crippen molar-refractivity contribution in [3.63, 3.8) is 0 Å². The average molecular weight is 298 g/mol. The van der Waals surface area contributed by atoms with Crippen molar-refractivity contribution in [2.45, 2.75) is 27.2 Å². The number of likely N-dealkylation sites (N-methyl/N-ethyl adjacent to an activating group) is 1. The van der Waals surface area contributed by atoms with Crippen molar-refractivity contribution < 1.29 is 4.74 Å². The summed E-state index contributed by atoms with van der Waals surface area (Å²) in [6.07, 6.45) is 10.1. The lowest BCUT2D eigenvalue weighted by Crippen LogP contribution is -2.20. The third-order valence-electron chi connectivity index (χ3n) is 3.10. The lowest BCUT2D eigenvalue weighted by molar-refractivity contribution is 0.315. The number of rotatable bonds is 9. The van der Waals surface area contributed by atoms with Crippen molar-refractivity contribution in [2.24, 2.45) is 0 Å². The van der Waals surface area contributed by atoms with Crippen LogP contribution >= 0.6 is 0 Å². The number of ether oxygens (including phenoxy) is 1. The standard InChI is InChI=1S/C19H26N2O/c1-5-8-18(21-16(4)6-2)15-17-9-11-19(12-10-17)22-14-13-20-7-3/h1,6,9-12,15,20-21H,7-8,13-14H2,2-4H3/b16-6+,18-15-. The smallest absolute Gasteiger partial charge is 0.119 e. The van der Waals surface area contributed by atoms with Crippen LogP contribution in [0, 0.1) is 12.3 Å². The number of benzene rings is 1. The highest BCUT2D eigenvalue weighted by molar-refractivity contribution is 5.54. The van der Waals surface area contributed by atoms with Crippen molar-refractivity contribution in [1.29, 1.82) is 0 Å². The first kappa shape index (κ1) is 17.9. The lowest BCUT2D eigenvalue weighted by atomic mass is 10.1. The van der Waals surface area contributed by atoms with Crippen LogP contribution in [0.15, 0.2) is 41.7 Å². The molecule has 0 saturated heterocycles. The number of hydrogen-bond acceptors (Lipinski definition) is 3. The summed E-state index contributed by atoms with van der Waals surface area (Å²) in [6, 6.07) is 8.03. The summed E-state index contributed by atoms with van der Waals surface area (Å²) >= 11 is 0. The molecule has 0 aliphatic carbocycles. The van der Waals surface area contributed by atoms with Crippen molar-refractivity contribution >= 4 is 6.08 Å². The summed E-state index contributed by atoms with van der Waals surface area (Å²) in [4.78, 5) is 0. The summed E-state index contributed by atoms with van der Waals surface area (Å²) in [6.45, 7) is 8.59. The van der Waals surface area contributed by atoms with Crippen LogP contribution in [0.25, 0.3) is 6.08 Å². The van der Waals surface area contributed by atoms with Gasteiger partial charge >= 0.3 is 0 Å². The highest BCUT2D eigenvalue weighted by Gasteiger charge is 1.98. The Morgan fingerprint density at radius 2 is 2.05 bits per heavy atom. The van der Waals surface area contributed by atoms with Crippen LogP contribution in [-0.2, 0) is 0 Å². The first-order valence-corrected chi connectivity index (χ1v) is 7.67. The molecule has 0 radical (unpaired) electrons.